The Morgan fingerprint density at radius 2 is 0.614 bits per heavy atom. The van der Waals surface area contributed by atoms with Gasteiger partial charge in [-0.05, 0) is 24.2 Å². The molecule has 0 aromatic rings. The van der Waals surface area contributed by atoms with Gasteiger partial charge in [-0.1, -0.05) is 162 Å². The summed E-state index contributed by atoms with van der Waals surface area (Å²) in [5.74, 6) is 2.00. The second-order valence-corrected chi connectivity index (χ2v) is 37.2. The summed E-state index contributed by atoms with van der Waals surface area (Å²) < 4.78 is 5.19. The first-order valence-electron chi connectivity index (χ1n) is 16.7. The fourth-order valence-electron chi connectivity index (χ4n) is 5.03. The maximum absolute atomic E-state index is 4.80. The molecule has 0 aromatic carbocycles. The van der Waals surface area contributed by atoms with Gasteiger partial charge in [0.25, 0.3) is 0 Å². The molecule has 0 aliphatic rings. The summed E-state index contributed by atoms with van der Waals surface area (Å²) in [6.45, 7) is 54.0. The van der Waals surface area contributed by atoms with E-state index in [2.05, 4.69) is 175 Å². The predicted molar refractivity (Wildman–Crippen MR) is 213 cm³/mol. The monoisotopic (exact) mass is 814 g/mol. The van der Waals surface area contributed by atoms with Gasteiger partial charge in [-0.25, -0.2) is 0 Å². The van der Waals surface area contributed by atoms with Crippen molar-refractivity contribution in [1.82, 2.24) is 8.46 Å². The van der Waals surface area contributed by atoms with Gasteiger partial charge in [0.1, 0.15) is 0 Å². The summed E-state index contributed by atoms with van der Waals surface area (Å²) >= 11 is 0. The average Bonchev–Trinajstić information content (AvgIpc) is 2.60. The molecule has 1 radical (unpaired) electrons. The van der Waals surface area contributed by atoms with E-state index >= 15 is 0 Å². The van der Waals surface area contributed by atoms with Gasteiger partial charge in [-0.15, -0.1) is 12.1 Å². The molecule has 0 N–H and O–H groups in total. The molecule has 7 nitrogen and oxygen atoms in total. The molecule has 0 heterocycles. The van der Waals surface area contributed by atoms with Gasteiger partial charge >= 0.3 is 40.8 Å². The van der Waals surface area contributed by atoms with E-state index in [1.807, 2.05) is 0 Å². The molecule has 0 aliphatic heterocycles. The van der Waals surface area contributed by atoms with Crippen LogP contribution >= 0.6 is 0 Å². The van der Waals surface area contributed by atoms with E-state index in [9.17, 15) is 0 Å². The van der Waals surface area contributed by atoms with E-state index in [0.29, 0.717) is 36.3 Å². The summed E-state index contributed by atoms with van der Waals surface area (Å²) in [7, 11) is -5.79. The maximum Gasteiger partial charge on any atom is 3.00 e. The van der Waals surface area contributed by atoms with Crippen molar-refractivity contribution in [2.75, 3.05) is 0 Å². The molecule has 0 saturated heterocycles. The van der Waals surface area contributed by atoms with Crippen LogP contribution in [0.25, 0.3) is 16.0 Å². The van der Waals surface area contributed by atoms with Crippen molar-refractivity contribution in [1.29, 1.82) is 0 Å². The van der Waals surface area contributed by atoms with Crippen LogP contribution in [0.3, 0.4) is 0 Å². The minimum atomic E-state index is -1.45. The maximum atomic E-state index is 4.80. The Kier molecular flexibility index (Phi) is 26.2. The van der Waals surface area contributed by atoms with Crippen LogP contribution in [-0.4, -0.2) is 89.6 Å². The van der Waals surface area contributed by atoms with Crippen LogP contribution in [0.5, 0.6) is 0 Å². The molecule has 0 unspecified atom stereocenters. The van der Waals surface area contributed by atoms with Crippen LogP contribution in [0, 0.1) is 40.8 Å². The van der Waals surface area contributed by atoms with E-state index in [-0.39, 0.29) is 40.8 Å². The van der Waals surface area contributed by atoms with Gasteiger partial charge in [-0.3, -0.25) is 0 Å². The van der Waals surface area contributed by atoms with Crippen LogP contribution in [0.2, 0.25) is 78.6 Å². The van der Waals surface area contributed by atoms with Crippen LogP contribution in [0.1, 0.15) is 83.1 Å². The van der Waals surface area contributed by atoms with Crippen molar-refractivity contribution in [3.8, 4) is 0 Å². The normalized spacial score (nSPS) is 13.5. The van der Waals surface area contributed by atoms with Gasteiger partial charge in [0, 0.05) is 11.9 Å². The molecule has 0 rings (SSSR count). The third kappa shape index (κ3) is 26.8. The van der Waals surface area contributed by atoms with Crippen molar-refractivity contribution >= 4 is 44.9 Å². The molecule has 0 saturated carbocycles. The summed E-state index contributed by atoms with van der Waals surface area (Å²) in [4.78, 5) is 9.59. The summed E-state index contributed by atoms with van der Waals surface area (Å²) in [6, 6.07) is 2.21. The molecular weight excluding hydrogens is 739 g/mol. The van der Waals surface area contributed by atoms with Gasteiger partial charge in [0.15, 0.2) is 0 Å². The first-order valence-corrected chi connectivity index (χ1v) is 30.5. The van der Waals surface area contributed by atoms with E-state index in [1.165, 1.54) is 0 Å². The Bertz CT molecular complexity index is 709. The molecule has 0 amide bonds. The number of rotatable bonds is 10. The van der Waals surface area contributed by atoms with Gasteiger partial charge in [-0.2, -0.15) is 0 Å². The molecule has 0 spiro atoms. The first kappa shape index (κ1) is 51.6. The smallest absolute Gasteiger partial charge is 0.658 e. The molecule has 44 heavy (non-hydrogen) atoms. The minimum Gasteiger partial charge on any atom is -0.658 e. The number of guanidine groups is 2. The van der Waals surface area contributed by atoms with Crippen molar-refractivity contribution < 1.29 is 40.8 Å². The Labute approximate surface area is 315 Å². The molecule has 0 bridgehead atoms. The van der Waals surface area contributed by atoms with Gasteiger partial charge in [0.05, 0.1) is 32.9 Å². The first-order chi connectivity index (χ1) is 18.8. The molecule has 261 valence electrons. The van der Waals surface area contributed by atoms with E-state index in [0.717, 1.165) is 11.9 Å². The Hall–Kier alpha value is 0.718. The molecule has 0 atom stereocenters. The van der Waals surface area contributed by atoms with E-state index < -0.39 is 32.9 Å². The Balaban J connectivity index is -0.000000294. The largest absolute Gasteiger partial charge is 3.00 e. The number of hydrogen-bond donors (Lipinski definition) is 0. The SMILES string of the molecule is CC(C)N=C([N-]C(C)C)N([Si](C)(C)C)[Si](C)(C)C.CC(C)N=C([N-]C(C)C)N([Si](C)(C)C)[Si](C)(C)C.CC(C)[N-]C(C)C.[Nd+3]. The Morgan fingerprint density at radius 3 is 0.705 bits per heavy atom. The van der Waals surface area contributed by atoms with E-state index in [1.54, 1.807) is 0 Å². The summed E-state index contributed by atoms with van der Waals surface area (Å²) in [5, 5.41) is 13.9. The van der Waals surface area contributed by atoms with Gasteiger partial charge < -0.3 is 34.4 Å². The quantitative estimate of drug-likeness (QED) is 0.125. The third-order valence-electron chi connectivity index (χ3n) is 5.17. The Morgan fingerprint density at radius 1 is 0.409 bits per heavy atom. The summed E-state index contributed by atoms with van der Waals surface area (Å²) in [5.41, 5.74) is 0. The zero-order valence-corrected chi connectivity index (χ0v) is 41.3. The average molecular weight is 818 g/mol. The van der Waals surface area contributed by atoms with Crippen molar-refractivity contribution in [3.05, 3.63) is 16.0 Å². The topological polar surface area (TPSA) is 73.5 Å². The molecular formula is C32H78N7NdSi4. The summed E-state index contributed by atoms with van der Waals surface area (Å²) in [6.07, 6.45) is 0. The molecule has 0 aromatic heterocycles. The third-order valence-corrected chi connectivity index (χ3v) is 19.4. The molecule has 12 heteroatoms. The number of hydrogen-bond acceptors (Lipinski definition) is 2. The van der Waals surface area contributed by atoms with Crippen molar-refractivity contribution in [2.45, 2.75) is 198 Å². The van der Waals surface area contributed by atoms with Gasteiger partial charge in [0.2, 0.25) is 0 Å². The zero-order chi connectivity index (χ0) is 35.3. The molecule has 0 aliphatic carbocycles. The standard InChI is InChI=1S/2C13H32N3Si2.C6H14N.Nd/c2*1-11(2)14-13(15-12(3)4)16(17(5,6)7)18(8,9)10;1-5(2)7-6(3)4;/h2*11-12H,1-10H3;5-6H,1-4H3;/q3*-1;+3. The predicted octanol–water partition coefficient (Wildman–Crippen LogP) is 11.2. The fourth-order valence-corrected chi connectivity index (χ4v) is 24.0. The zero-order valence-electron chi connectivity index (χ0n) is 34.1. The second kappa shape index (κ2) is 22.4. The van der Waals surface area contributed by atoms with Crippen molar-refractivity contribution in [2.24, 2.45) is 9.98 Å². The fraction of sp³-hybridized carbons (Fsp3) is 0.938. The molecule has 0 fully saturated rings. The van der Waals surface area contributed by atoms with Crippen LogP contribution in [0.4, 0.5) is 0 Å². The van der Waals surface area contributed by atoms with Crippen molar-refractivity contribution in [3.63, 3.8) is 0 Å². The van der Waals surface area contributed by atoms with Crippen LogP contribution in [-0.2, 0) is 0 Å². The second-order valence-electron chi connectivity index (χ2n) is 17.2. The van der Waals surface area contributed by atoms with Crippen LogP contribution < -0.4 is 0 Å². The number of aliphatic imine (C=N–C) groups is 2. The van der Waals surface area contributed by atoms with E-state index in [4.69, 9.17) is 20.6 Å². The van der Waals surface area contributed by atoms with Crippen LogP contribution in [0.15, 0.2) is 9.98 Å². The minimum absolute atomic E-state index is 0. The number of nitrogens with zero attached hydrogens (tertiary/aromatic N) is 7.